The SMILES string of the molecule is C=C(NC(=O)C(C)NC(=O)OCc1ccccc1)C(=O)N1CCCC1C(=O)NC(C)C(=O)NC. The van der Waals surface area contributed by atoms with Crippen LogP contribution in [0.5, 0.6) is 0 Å². The van der Waals surface area contributed by atoms with Crippen LogP contribution in [0.15, 0.2) is 42.6 Å². The lowest BCUT2D eigenvalue weighted by molar-refractivity contribution is -0.137. The van der Waals surface area contributed by atoms with Gasteiger partial charge in [0.05, 0.1) is 5.70 Å². The molecule has 1 heterocycles. The highest BCUT2D eigenvalue weighted by Gasteiger charge is 2.36. The van der Waals surface area contributed by atoms with Crippen LogP contribution in [0, 0.1) is 0 Å². The molecular weight excluding hydrogens is 442 g/mol. The number of likely N-dealkylation sites (tertiary alicyclic amines) is 1. The van der Waals surface area contributed by atoms with Crippen LogP contribution in [0.2, 0.25) is 0 Å². The first-order valence-electron chi connectivity index (χ1n) is 10.9. The minimum atomic E-state index is -1.00. The molecule has 1 saturated heterocycles. The first-order chi connectivity index (χ1) is 16.1. The van der Waals surface area contributed by atoms with Crippen LogP contribution in [-0.2, 0) is 30.5 Å². The highest BCUT2D eigenvalue weighted by atomic mass is 16.5. The van der Waals surface area contributed by atoms with Gasteiger partial charge in [-0.25, -0.2) is 4.79 Å². The van der Waals surface area contributed by atoms with Crippen molar-refractivity contribution in [3.8, 4) is 0 Å². The van der Waals surface area contributed by atoms with Gasteiger partial charge in [-0.1, -0.05) is 36.9 Å². The zero-order valence-electron chi connectivity index (χ0n) is 19.6. The van der Waals surface area contributed by atoms with Crippen LogP contribution in [-0.4, -0.2) is 66.3 Å². The summed E-state index contributed by atoms with van der Waals surface area (Å²) in [6.45, 7) is 6.93. The van der Waals surface area contributed by atoms with E-state index in [0.717, 1.165) is 5.56 Å². The predicted molar refractivity (Wildman–Crippen MR) is 123 cm³/mol. The number of nitrogens with one attached hydrogen (secondary N) is 4. The molecule has 2 rings (SSSR count). The molecule has 0 saturated carbocycles. The Morgan fingerprint density at radius 1 is 1.06 bits per heavy atom. The lowest BCUT2D eigenvalue weighted by atomic mass is 10.2. The van der Waals surface area contributed by atoms with Crippen LogP contribution in [0.25, 0.3) is 0 Å². The fourth-order valence-corrected chi connectivity index (χ4v) is 3.36. The van der Waals surface area contributed by atoms with Crippen LogP contribution >= 0.6 is 0 Å². The van der Waals surface area contributed by atoms with Crippen molar-refractivity contribution in [3.63, 3.8) is 0 Å². The number of amides is 5. The number of hydrogen-bond donors (Lipinski definition) is 4. The summed E-state index contributed by atoms with van der Waals surface area (Å²) in [5.41, 5.74) is 0.568. The molecule has 0 aliphatic carbocycles. The molecule has 1 fully saturated rings. The largest absolute Gasteiger partial charge is 0.445 e. The van der Waals surface area contributed by atoms with Gasteiger partial charge in [-0.15, -0.1) is 0 Å². The second-order valence-electron chi connectivity index (χ2n) is 7.90. The first-order valence-corrected chi connectivity index (χ1v) is 10.9. The van der Waals surface area contributed by atoms with E-state index in [4.69, 9.17) is 4.74 Å². The molecule has 4 N–H and O–H groups in total. The van der Waals surface area contributed by atoms with Crippen molar-refractivity contribution in [2.24, 2.45) is 0 Å². The molecule has 1 aliphatic rings. The summed E-state index contributed by atoms with van der Waals surface area (Å²) in [7, 11) is 1.46. The van der Waals surface area contributed by atoms with Gasteiger partial charge in [0.25, 0.3) is 5.91 Å². The Morgan fingerprint density at radius 3 is 2.35 bits per heavy atom. The first kappa shape index (κ1) is 26.4. The number of carbonyl (C=O) groups is 5. The molecule has 1 aromatic rings. The number of carbonyl (C=O) groups excluding carboxylic acids is 5. The molecule has 0 spiro atoms. The van der Waals surface area contributed by atoms with Gasteiger partial charge in [0.1, 0.15) is 24.7 Å². The highest BCUT2D eigenvalue weighted by Crippen LogP contribution is 2.19. The van der Waals surface area contributed by atoms with Gasteiger partial charge in [0, 0.05) is 13.6 Å². The third kappa shape index (κ3) is 7.32. The third-order valence-electron chi connectivity index (χ3n) is 5.29. The van der Waals surface area contributed by atoms with Crippen molar-refractivity contribution in [2.45, 2.75) is 51.4 Å². The van der Waals surface area contributed by atoms with Crippen LogP contribution in [0.3, 0.4) is 0 Å². The number of rotatable bonds is 9. The van der Waals surface area contributed by atoms with Crippen molar-refractivity contribution in [2.75, 3.05) is 13.6 Å². The van der Waals surface area contributed by atoms with Gasteiger partial charge in [-0.2, -0.15) is 0 Å². The van der Waals surface area contributed by atoms with E-state index in [1.54, 1.807) is 12.1 Å². The lowest BCUT2D eigenvalue weighted by Crippen LogP contribution is -2.53. The Morgan fingerprint density at radius 2 is 1.71 bits per heavy atom. The van der Waals surface area contributed by atoms with Gasteiger partial charge < -0.3 is 30.9 Å². The second kappa shape index (κ2) is 12.4. The standard InChI is InChI=1S/C23H31N5O6/c1-14(19(29)24-4)25-21(31)18-11-8-12-28(18)22(32)16(3)26-20(30)15(2)27-23(33)34-13-17-9-6-5-7-10-17/h5-7,9-10,14-15,18H,3,8,11-13H2,1-2,4H3,(H,24,29)(H,25,31)(H,26,30)(H,27,33). The average Bonchev–Trinajstić information content (AvgIpc) is 3.32. The normalized spacial score (nSPS) is 16.6. The Bertz CT molecular complexity index is 935. The fourth-order valence-electron chi connectivity index (χ4n) is 3.36. The molecular formula is C23H31N5O6. The number of hydrogen-bond acceptors (Lipinski definition) is 6. The predicted octanol–water partition coefficient (Wildman–Crippen LogP) is 0.173. The molecule has 34 heavy (non-hydrogen) atoms. The molecule has 5 amide bonds. The van der Waals surface area contributed by atoms with Gasteiger partial charge in [-0.05, 0) is 32.3 Å². The summed E-state index contributed by atoms with van der Waals surface area (Å²) in [6, 6.07) is 6.52. The minimum absolute atomic E-state index is 0.0448. The number of benzene rings is 1. The number of nitrogens with zero attached hydrogens (tertiary/aromatic N) is 1. The Balaban J connectivity index is 1.85. The summed E-state index contributed by atoms with van der Waals surface area (Å²) in [5, 5.41) is 9.78. The summed E-state index contributed by atoms with van der Waals surface area (Å²) in [6.07, 6.45) is 0.222. The summed E-state index contributed by atoms with van der Waals surface area (Å²) >= 11 is 0. The topological polar surface area (TPSA) is 146 Å². The molecule has 1 aliphatic heterocycles. The summed E-state index contributed by atoms with van der Waals surface area (Å²) in [5.74, 6) is -2.09. The van der Waals surface area contributed by atoms with E-state index in [-0.39, 0.29) is 18.2 Å². The van der Waals surface area contributed by atoms with E-state index in [2.05, 4.69) is 27.8 Å². The van der Waals surface area contributed by atoms with Crippen molar-refractivity contribution in [1.29, 1.82) is 0 Å². The maximum Gasteiger partial charge on any atom is 0.408 e. The van der Waals surface area contributed by atoms with Crippen LogP contribution in [0.1, 0.15) is 32.3 Å². The molecule has 3 atom stereocenters. The van der Waals surface area contributed by atoms with Crippen molar-refractivity contribution in [3.05, 3.63) is 48.2 Å². The van der Waals surface area contributed by atoms with Crippen LogP contribution in [0.4, 0.5) is 4.79 Å². The average molecular weight is 474 g/mol. The molecule has 11 heteroatoms. The van der Waals surface area contributed by atoms with E-state index >= 15 is 0 Å². The molecule has 184 valence electrons. The second-order valence-corrected chi connectivity index (χ2v) is 7.90. The minimum Gasteiger partial charge on any atom is -0.445 e. The number of alkyl carbamates (subject to hydrolysis) is 1. The molecule has 0 radical (unpaired) electrons. The smallest absolute Gasteiger partial charge is 0.408 e. The maximum atomic E-state index is 12.8. The monoisotopic (exact) mass is 473 g/mol. The summed E-state index contributed by atoms with van der Waals surface area (Å²) in [4.78, 5) is 62.7. The highest BCUT2D eigenvalue weighted by molar-refractivity contribution is 6.01. The summed E-state index contributed by atoms with van der Waals surface area (Å²) < 4.78 is 5.08. The van der Waals surface area contributed by atoms with Crippen molar-refractivity contribution < 1.29 is 28.7 Å². The fraction of sp³-hybridized carbons (Fsp3) is 0.435. The molecule has 1 aromatic carbocycles. The third-order valence-corrected chi connectivity index (χ3v) is 5.29. The zero-order chi connectivity index (χ0) is 25.3. The number of likely N-dealkylation sites (N-methyl/N-ethyl adjacent to an activating group) is 1. The Kier molecular flexibility index (Phi) is 9.60. The van der Waals surface area contributed by atoms with Gasteiger partial charge in [0.2, 0.25) is 17.7 Å². The van der Waals surface area contributed by atoms with E-state index in [1.807, 2.05) is 18.2 Å². The van der Waals surface area contributed by atoms with Gasteiger partial charge in [0.15, 0.2) is 0 Å². The van der Waals surface area contributed by atoms with Crippen molar-refractivity contribution >= 4 is 29.7 Å². The van der Waals surface area contributed by atoms with Crippen molar-refractivity contribution in [1.82, 2.24) is 26.2 Å². The van der Waals surface area contributed by atoms with E-state index in [0.29, 0.717) is 19.4 Å². The Hall–Kier alpha value is -3.89. The molecule has 0 bridgehead atoms. The van der Waals surface area contributed by atoms with E-state index in [1.165, 1.54) is 25.8 Å². The van der Waals surface area contributed by atoms with Gasteiger partial charge >= 0.3 is 6.09 Å². The number of ether oxygens (including phenoxy) is 1. The quantitative estimate of drug-likeness (QED) is 0.376. The van der Waals surface area contributed by atoms with E-state index in [9.17, 15) is 24.0 Å². The molecule has 11 nitrogen and oxygen atoms in total. The lowest BCUT2D eigenvalue weighted by Gasteiger charge is -2.26. The molecule has 0 aromatic heterocycles. The Labute approximate surface area is 198 Å². The van der Waals surface area contributed by atoms with Crippen LogP contribution < -0.4 is 21.3 Å². The van der Waals surface area contributed by atoms with E-state index < -0.39 is 41.9 Å². The maximum absolute atomic E-state index is 12.8. The van der Waals surface area contributed by atoms with Gasteiger partial charge in [-0.3, -0.25) is 19.2 Å². The molecule has 3 unspecified atom stereocenters. The zero-order valence-corrected chi connectivity index (χ0v) is 19.6.